The van der Waals surface area contributed by atoms with E-state index in [1.165, 1.54) is 31.2 Å². The van der Waals surface area contributed by atoms with Crippen LogP contribution in [0.25, 0.3) is 0 Å². The molecule has 2 aromatic carbocycles. The summed E-state index contributed by atoms with van der Waals surface area (Å²) in [5.41, 5.74) is 1.21. The fraction of sp³-hybridized carbons (Fsp3) is 0.235. The van der Waals surface area contributed by atoms with Crippen LogP contribution in [-0.4, -0.2) is 25.4 Å². The van der Waals surface area contributed by atoms with Crippen LogP contribution in [0.15, 0.2) is 48.5 Å². The number of rotatable bonds is 7. The molecule has 0 saturated carbocycles. The molecule has 0 saturated heterocycles. The normalized spacial score (nSPS) is 12.2. The number of nitrogens with zero attached hydrogens (tertiary/aromatic N) is 1. The summed E-state index contributed by atoms with van der Waals surface area (Å²) in [7, 11) is -3.96. The van der Waals surface area contributed by atoms with E-state index in [0.717, 1.165) is 5.56 Å². The van der Waals surface area contributed by atoms with E-state index in [-0.39, 0.29) is 5.69 Å². The molecule has 0 aliphatic rings. The Bertz CT molecular complexity index is 892. The van der Waals surface area contributed by atoms with Crippen molar-refractivity contribution in [2.24, 2.45) is 0 Å². The van der Waals surface area contributed by atoms with Crippen molar-refractivity contribution in [1.82, 2.24) is 4.72 Å². The van der Waals surface area contributed by atoms with Crippen molar-refractivity contribution in [3.05, 3.63) is 69.8 Å². The van der Waals surface area contributed by atoms with Crippen molar-refractivity contribution in [2.75, 3.05) is 0 Å². The Kier molecular flexibility index (Phi) is 5.93. The van der Waals surface area contributed by atoms with Crippen LogP contribution in [-0.2, 0) is 20.6 Å². The van der Waals surface area contributed by atoms with Gasteiger partial charge in [-0.05, 0) is 31.5 Å². The van der Waals surface area contributed by atoms with Gasteiger partial charge in [0.15, 0.2) is 6.10 Å². The van der Waals surface area contributed by atoms with Gasteiger partial charge < -0.3 is 4.74 Å². The fourth-order valence-electron chi connectivity index (χ4n) is 2.08. The summed E-state index contributed by atoms with van der Waals surface area (Å²) in [6.45, 7) is 3.35. The zero-order chi connectivity index (χ0) is 19.3. The SMILES string of the molecule is Cc1ccc(O[C@H](C)C(=O)NS(=O)(=O)Cc2ccc([N+](=O)[O-])cc2)cc1. The van der Waals surface area contributed by atoms with Gasteiger partial charge in [0.1, 0.15) is 5.75 Å². The minimum atomic E-state index is -3.96. The average molecular weight is 378 g/mol. The monoisotopic (exact) mass is 378 g/mol. The number of amides is 1. The maximum absolute atomic E-state index is 12.1. The van der Waals surface area contributed by atoms with Crippen molar-refractivity contribution in [3.8, 4) is 5.75 Å². The summed E-state index contributed by atoms with van der Waals surface area (Å²) in [4.78, 5) is 22.1. The maximum atomic E-state index is 12.1. The van der Waals surface area contributed by atoms with Crippen LogP contribution >= 0.6 is 0 Å². The highest BCUT2D eigenvalue weighted by Gasteiger charge is 2.22. The Balaban J connectivity index is 1.97. The third-order valence-corrected chi connectivity index (χ3v) is 4.69. The first-order valence-electron chi connectivity index (χ1n) is 7.67. The highest BCUT2D eigenvalue weighted by molar-refractivity contribution is 7.89. The van der Waals surface area contributed by atoms with Crippen LogP contribution in [0.3, 0.4) is 0 Å². The van der Waals surface area contributed by atoms with Crippen LogP contribution in [0.4, 0.5) is 5.69 Å². The largest absolute Gasteiger partial charge is 0.481 e. The molecule has 0 bridgehead atoms. The minimum Gasteiger partial charge on any atom is -0.481 e. The molecular weight excluding hydrogens is 360 g/mol. The molecule has 1 amide bonds. The lowest BCUT2D eigenvalue weighted by molar-refractivity contribution is -0.384. The van der Waals surface area contributed by atoms with Crippen molar-refractivity contribution in [3.63, 3.8) is 0 Å². The van der Waals surface area contributed by atoms with E-state index in [1.807, 2.05) is 23.8 Å². The van der Waals surface area contributed by atoms with Crippen LogP contribution in [0.5, 0.6) is 5.75 Å². The predicted molar refractivity (Wildman–Crippen MR) is 95.1 cm³/mol. The number of hydrogen-bond donors (Lipinski definition) is 1. The summed E-state index contributed by atoms with van der Waals surface area (Å²) in [5, 5.41) is 10.6. The molecule has 2 rings (SSSR count). The van der Waals surface area contributed by atoms with Crippen LogP contribution in [0.2, 0.25) is 0 Å². The molecule has 0 unspecified atom stereocenters. The van der Waals surface area contributed by atoms with Crippen LogP contribution in [0.1, 0.15) is 18.1 Å². The second-order valence-electron chi connectivity index (χ2n) is 5.72. The van der Waals surface area contributed by atoms with E-state index >= 15 is 0 Å². The van der Waals surface area contributed by atoms with Gasteiger partial charge in [0, 0.05) is 12.1 Å². The zero-order valence-electron chi connectivity index (χ0n) is 14.2. The van der Waals surface area contributed by atoms with E-state index in [0.29, 0.717) is 11.3 Å². The average Bonchev–Trinajstić information content (AvgIpc) is 2.56. The minimum absolute atomic E-state index is 0.143. The van der Waals surface area contributed by atoms with Crippen molar-refractivity contribution in [2.45, 2.75) is 25.7 Å². The number of hydrogen-bond acceptors (Lipinski definition) is 6. The molecule has 2 aromatic rings. The summed E-state index contributed by atoms with van der Waals surface area (Å²) >= 11 is 0. The van der Waals surface area contributed by atoms with E-state index in [9.17, 15) is 23.3 Å². The Morgan fingerprint density at radius 1 is 1.15 bits per heavy atom. The first-order valence-corrected chi connectivity index (χ1v) is 9.32. The lowest BCUT2D eigenvalue weighted by Crippen LogP contribution is -2.40. The first-order chi connectivity index (χ1) is 12.2. The first kappa shape index (κ1) is 19.4. The van der Waals surface area contributed by atoms with Crippen LogP contribution < -0.4 is 9.46 Å². The number of nitro benzene ring substituents is 1. The number of ether oxygens (including phenoxy) is 1. The quantitative estimate of drug-likeness (QED) is 0.584. The molecule has 8 nitrogen and oxygen atoms in total. The number of carbonyl (C=O) groups is 1. The summed E-state index contributed by atoms with van der Waals surface area (Å²) in [6.07, 6.45) is -1.01. The fourth-order valence-corrected chi connectivity index (χ4v) is 3.26. The van der Waals surface area contributed by atoms with Crippen LogP contribution in [0, 0.1) is 17.0 Å². The number of carbonyl (C=O) groups excluding carboxylic acids is 1. The second-order valence-corrected chi connectivity index (χ2v) is 7.44. The maximum Gasteiger partial charge on any atom is 0.274 e. The Morgan fingerprint density at radius 3 is 2.27 bits per heavy atom. The van der Waals surface area contributed by atoms with Gasteiger partial charge in [-0.3, -0.25) is 14.9 Å². The summed E-state index contributed by atoms with van der Waals surface area (Å²) < 4.78 is 31.6. The molecule has 0 aliphatic carbocycles. The van der Waals surface area contributed by atoms with Gasteiger partial charge in [-0.25, -0.2) is 13.1 Å². The van der Waals surface area contributed by atoms with E-state index in [1.54, 1.807) is 12.1 Å². The van der Waals surface area contributed by atoms with Gasteiger partial charge >= 0.3 is 0 Å². The molecule has 1 N–H and O–H groups in total. The third kappa shape index (κ3) is 5.55. The molecule has 138 valence electrons. The molecule has 0 heterocycles. The molecule has 0 fully saturated rings. The van der Waals surface area contributed by atoms with Crippen molar-refractivity contribution >= 4 is 21.6 Å². The standard InChI is InChI=1S/C17H18N2O6S/c1-12-3-9-16(10-4-12)25-13(2)17(20)18-26(23,24)11-14-5-7-15(8-6-14)19(21)22/h3-10,13H,11H2,1-2H3,(H,18,20)/t13-/m1/s1. The van der Waals surface area contributed by atoms with Gasteiger partial charge in [0.05, 0.1) is 10.7 Å². The van der Waals surface area contributed by atoms with E-state index < -0.39 is 32.7 Å². The third-order valence-electron chi connectivity index (χ3n) is 3.46. The van der Waals surface area contributed by atoms with Gasteiger partial charge in [-0.1, -0.05) is 29.8 Å². The number of nitro groups is 1. The Hall–Kier alpha value is -2.94. The lowest BCUT2D eigenvalue weighted by atomic mass is 10.2. The van der Waals surface area contributed by atoms with E-state index in [4.69, 9.17) is 4.74 Å². The summed E-state index contributed by atoms with van der Waals surface area (Å²) in [5.74, 6) is -0.827. The zero-order valence-corrected chi connectivity index (χ0v) is 15.0. The van der Waals surface area contributed by atoms with Gasteiger partial charge in [-0.2, -0.15) is 0 Å². The molecular formula is C17H18N2O6S. The lowest BCUT2D eigenvalue weighted by Gasteiger charge is -2.15. The number of aryl methyl sites for hydroxylation is 1. The molecule has 26 heavy (non-hydrogen) atoms. The predicted octanol–water partition coefficient (Wildman–Crippen LogP) is 2.32. The highest BCUT2D eigenvalue weighted by atomic mass is 32.2. The molecule has 0 radical (unpaired) electrons. The van der Waals surface area contributed by atoms with Crippen molar-refractivity contribution in [1.29, 1.82) is 0 Å². The van der Waals surface area contributed by atoms with Gasteiger partial charge in [0.25, 0.3) is 11.6 Å². The molecule has 0 aromatic heterocycles. The molecule has 9 heteroatoms. The second kappa shape index (κ2) is 7.96. The smallest absolute Gasteiger partial charge is 0.274 e. The van der Waals surface area contributed by atoms with Gasteiger partial charge in [0.2, 0.25) is 10.0 Å². The number of benzene rings is 2. The molecule has 0 aliphatic heterocycles. The van der Waals surface area contributed by atoms with Crippen molar-refractivity contribution < 1.29 is 22.9 Å². The Labute approximate surface area is 151 Å². The molecule has 0 spiro atoms. The highest BCUT2D eigenvalue weighted by Crippen LogP contribution is 2.15. The topological polar surface area (TPSA) is 116 Å². The molecule has 1 atom stereocenters. The number of non-ortho nitro benzene ring substituents is 1. The number of nitrogens with one attached hydrogen (secondary N) is 1. The van der Waals surface area contributed by atoms with E-state index in [2.05, 4.69) is 0 Å². The Morgan fingerprint density at radius 2 is 1.73 bits per heavy atom. The van der Waals surface area contributed by atoms with Gasteiger partial charge in [-0.15, -0.1) is 0 Å². The summed E-state index contributed by atoms with van der Waals surface area (Å²) in [6, 6.07) is 12.1. The number of sulfonamides is 1.